The number of ketones is 1. The highest BCUT2D eigenvalue weighted by atomic mass is 16.1. The van der Waals surface area contributed by atoms with Crippen molar-refractivity contribution < 1.29 is 4.79 Å². The first-order valence-corrected chi connectivity index (χ1v) is 9.64. The minimum Gasteiger partial charge on any atom is -0.364 e. The van der Waals surface area contributed by atoms with E-state index >= 15 is 0 Å². The van der Waals surface area contributed by atoms with Gasteiger partial charge in [0.15, 0.2) is 11.6 Å². The molecule has 0 bridgehead atoms. The highest BCUT2D eigenvalue weighted by Gasteiger charge is 2.08. The summed E-state index contributed by atoms with van der Waals surface area (Å²) in [6, 6.07) is 24.8. The van der Waals surface area contributed by atoms with Crippen molar-refractivity contribution in [2.75, 3.05) is 10.6 Å². The first kappa shape index (κ1) is 19.3. The van der Waals surface area contributed by atoms with Crippen LogP contribution in [-0.2, 0) is 6.54 Å². The van der Waals surface area contributed by atoms with E-state index in [2.05, 4.69) is 25.6 Å². The number of hydrogen-bond acceptors (Lipinski definition) is 6. The second-order valence-corrected chi connectivity index (χ2v) is 6.76. The smallest absolute Gasteiger partial charge is 0.163 e. The fourth-order valence-electron chi connectivity index (χ4n) is 2.94. The molecule has 4 aromatic rings. The zero-order valence-electron chi connectivity index (χ0n) is 16.5. The summed E-state index contributed by atoms with van der Waals surface area (Å²) in [5.41, 5.74) is 3.36. The standard InChI is InChI=1S/C24H21N5O/c1-17(30)18-10-12-20(13-11-18)27-23-15-22(26-16-21-9-5-6-14-25-21)28-24(29-23)19-7-3-2-4-8-19/h2-15H,16H2,1H3,(H2,26,27,28,29). The van der Waals surface area contributed by atoms with Gasteiger partial charge in [0.05, 0.1) is 12.2 Å². The summed E-state index contributed by atoms with van der Waals surface area (Å²) in [5.74, 6) is 2.00. The van der Waals surface area contributed by atoms with E-state index in [4.69, 9.17) is 0 Å². The summed E-state index contributed by atoms with van der Waals surface area (Å²) in [6.07, 6.45) is 1.77. The van der Waals surface area contributed by atoms with Crippen LogP contribution < -0.4 is 10.6 Å². The molecule has 2 heterocycles. The van der Waals surface area contributed by atoms with Gasteiger partial charge in [0.1, 0.15) is 11.6 Å². The molecule has 148 valence electrons. The van der Waals surface area contributed by atoms with Crippen LogP contribution in [0.15, 0.2) is 85.1 Å². The second-order valence-electron chi connectivity index (χ2n) is 6.76. The molecule has 2 N–H and O–H groups in total. The van der Waals surface area contributed by atoms with Crippen LogP contribution in [0.1, 0.15) is 23.0 Å². The predicted octanol–water partition coefficient (Wildman–Crippen LogP) is 5.10. The number of hydrogen-bond donors (Lipinski definition) is 2. The van der Waals surface area contributed by atoms with Crippen LogP contribution in [-0.4, -0.2) is 20.7 Å². The maximum absolute atomic E-state index is 11.5. The lowest BCUT2D eigenvalue weighted by molar-refractivity contribution is 0.101. The number of pyridine rings is 1. The number of carbonyl (C=O) groups is 1. The van der Waals surface area contributed by atoms with Gasteiger partial charge >= 0.3 is 0 Å². The Morgan fingerprint density at radius 3 is 2.30 bits per heavy atom. The van der Waals surface area contributed by atoms with Crippen molar-refractivity contribution in [2.45, 2.75) is 13.5 Å². The Bertz CT molecular complexity index is 1130. The molecule has 0 saturated carbocycles. The van der Waals surface area contributed by atoms with E-state index in [0.29, 0.717) is 29.6 Å². The van der Waals surface area contributed by atoms with Gasteiger partial charge in [-0.3, -0.25) is 9.78 Å². The van der Waals surface area contributed by atoms with Crippen molar-refractivity contribution >= 4 is 23.1 Å². The van der Waals surface area contributed by atoms with E-state index in [-0.39, 0.29) is 5.78 Å². The molecule has 2 aromatic carbocycles. The third kappa shape index (κ3) is 4.86. The van der Waals surface area contributed by atoms with Gasteiger partial charge in [-0.25, -0.2) is 9.97 Å². The molecule has 0 atom stereocenters. The number of benzene rings is 2. The Kier molecular flexibility index (Phi) is 5.75. The fraction of sp³-hybridized carbons (Fsp3) is 0.0833. The first-order valence-electron chi connectivity index (χ1n) is 9.64. The molecule has 4 rings (SSSR count). The van der Waals surface area contributed by atoms with E-state index in [1.165, 1.54) is 0 Å². The van der Waals surface area contributed by atoms with E-state index < -0.39 is 0 Å². The number of anilines is 3. The molecule has 0 amide bonds. The Balaban J connectivity index is 1.62. The lowest BCUT2D eigenvalue weighted by Crippen LogP contribution is -2.06. The molecule has 2 aromatic heterocycles. The van der Waals surface area contributed by atoms with Gasteiger partial charge in [-0.1, -0.05) is 36.4 Å². The molecule has 6 nitrogen and oxygen atoms in total. The highest BCUT2D eigenvalue weighted by molar-refractivity contribution is 5.94. The van der Waals surface area contributed by atoms with Gasteiger partial charge in [-0.15, -0.1) is 0 Å². The van der Waals surface area contributed by atoms with Gasteiger partial charge < -0.3 is 10.6 Å². The Morgan fingerprint density at radius 1 is 0.867 bits per heavy atom. The zero-order chi connectivity index (χ0) is 20.8. The van der Waals surface area contributed by atoms with Gasteiger partial charge in [0.2, 0.25) is 0 Å². The summed E-state index contributed by atoms with van der Waals surface area (Å²) in [7, 11) is 0. The van der Waals surface area contributed by atoms with Crippen molar-refractivity contribution in [1.29, 1.82) is 0 Å². The van der Waals surface area contributed by atoms with Crippen LogP contribution in [0.4, 0.5) is 17.3 Å². The average molecular weight is 395 g/mol. The van der Waals surface area contributed by atoms with E-state index in [1.807, 2.05) is 66.7 Å². The monoisotopic (exact) mass is 395 g/mol. The third-order valence-electron chi connectivity index (χ3n) is 4.50. The van der Waals surface area contributed by atoms with Crippen LogP contribution in [0.25, 0.3) is 11.4 Å². The largest absolute Gasteiger partial charge is 0.364 e. The normalized spacial score (nSPS) is 10.4. The predicted molar refractivity (Wildman–Crippen MR) is 119 cm³/mol. The second kappa shape index (κ2) is 8.96. The minimum atomic E-state index is 0.0379. The van der Waals surface area contributed by atoms with Crippen molar-refractivity contribution in [3.8, 4) is 11.4 Å². The van der Waals surface area contributed by atoms with Crippen LogP contribution >= 0.6 is 0 Å². The number of rotatable bonds is 7. The molecule has 0 saturated heterocycles. The molecular formula is C24H21N5O. The third-order valence-corrected chi connectivity index (χ3v) is 4.50. The van der Waals surface area contributed by atoms with Crippen LogP contribution in [0.3, 0.4) is 0 Å². The SMILES string of the molecule is CC(=O)c1ccc(Nc2cc(NCc3ccccn3)nc(-c3ccccc3)n2)cc1. The molecule has 0 aliphatic carbocycles. The molecule has 30 heavy (non-hydrogen) atoms. The quantitative estimate of drug-likeness (QED) is 0.424. The number of nitrogens with one attached hydrogen (secondary N) is 2. The summed E-state index contributed by atoms with van der Waals surface area (Å²) in [5, 5.41) is 6.62. The Hall–Kier alpha value is -4.06. The maximum Gasteiger partial charge on any atom is 0.163 e. The van der Waals surface area contributed by atoms with E-state index in [1.54, 1.807) is 25.3 Å². The van der Waals surface area contributed by atoms with Crippen LogP contribution in [0.2, 0.25) is 0 Å². The number of carbonyl (C=O) groups excluding carboxylic acids is 1. The molecular weight excluding hydrogens is 374 g/mol. The minimum absolute atomic E-state index is 0.0379. The zero-order valence-corrected chi connectivity index (χ0v) is 16.5. The van der Waals surface area contributed by atoms with E-state index in [9.17, 15) is 4.79 Å². The molecule has 6 heteroatoms. The Morgan fingerprint density at radius 2 is 1.60 bits per heavy atom. The summed E-state index contributed by atoms with van der Waals surface area (Å²) >= 11 is 0. The average Bonchev–Trinajstić information content (AvgIpc) is 2.79. The fourth-order valence-corrected chi connectivity index (χ4v) is 2.94. The van der Waals surface area contributed by atoms with Gasteiger partial charge in [0, 0.05) is 29.1 Å². The number of aromatic nitrogens is 3. The molecule has 0 fully saturated rings. The topological polar surface area (TPSA) is 79.8 Å². The number of nitrogens with zero attached hydrogens (tertiary/aromatic N) is 3. The maximum atomic E-state index is 11.5. The lowest BCUT2D eigenvalue weighted by Gasteiger charge is -2.12. The lowest BCUT2D eigenvalue weighted by atomic mass is 10.1. The van der Waals surface area contributed by atoms with Crippen molar-refractivity contribution in [2.24, 2.45) is 0 Å². The molecule has 0 aliphatic heterocycles. The van der Waals surface area contributed by atoms with E-state index in [0.717, 1.165) is 16.9 Å². The summed E-state index contributed by atoms with van der Waals surface area (Å²) in [6.45, 7) is 2.11. The molecule has 0 spiro atoms. The van der Waals surface area contributed by atoms with Gasteiger partial charge in [-0.05, 0) is 43.3 Å². The van der Waals surface area contributed by atoms with Gasteiger partial charge in [-0.2, -0.15) is 0 Å². The highest BCUT2D eigenvalue weighted by Crippen LogP contribution is 2.23. The van der Waals surface area contributed by atoms with Crippen LogP contribution in [0.5, 0.6) is 0 Å². The number of Topliss-reactive ketones (excluding diaryl/α,β-unsaturated/α-hetero) is 1. The van der Waals surface area contributed by atoms with Crippen molar-refractivity contribution in [3.63, 3.8) is 0 Å². The van der Waals surface area contributed by atoms with Crippen LogP contribution in [0, 0.1) is 0 Å². The van der Waals surface area contributed by atoms with Crippen molar-refractivity contribution in [1.82, 2.24) is 15.0 Å². The van der Waals surface area contributed by atoms with Gasteiger partial charge in [0.25, 0.3) is 0 Å². The summed E-state index contributed by atoms with van der Waals surface area (Å²) < 4.78 is 0. The molecule has 0 radical (unpaired) electrons. The molecule has 0 unspecified atom stereocenters. The molecule has 0 aliphatic rings. The Labute approximate surface area is 175 Å². The summed E-state index contributed by atoms with van der Waals surface area (Å²) in [4.78, 5) is 25.2. The first-order chi connectivity index (χ1) is 14.7. The van der Waals surface area contributed by atoms with Crippen molar-refractivity contribution in [3.05, 3.63) is 96.3 Å².